The van der Waals surface area contributed by atoms with E-state index in [1.54, 1.807) is 0 Å². The first-order valence-corrected chi connectivity index (χ1v) is 5.90. The van der Waals surface area contributed by atoms with Crippen LogP contribution in [-0.4, -0.2) is 11.3 Å². The summed E-state index contributed by atoms with van der Waals surface area (Å²) in [6.45, 7) is 1.83. The molecule has 72 valence electrons. The van der Waals surface area contributed by atoms with Gasteiger partial charge in [0.1, 0.15) is 5.01 Å². The van der Waals surface area contributed by atoms with Crippen molar-refractivity contribution in [2.45, 2.75) is 6.92 Å². The molecule has 0 unspecified atom stereocenters. The highest BCUT2D eigenvalue weighted by Crippen LogP contribution is 2.34. The number of hydrogen-bond donors (Lipinski definition) is 0. The van der Waals surface area contributed by atoms with Gasteiger partial charge in [0, 0.05) is 0 Å². The molecule has 0 spiro atoms. The predicted octanol–water partition coefficient (Wildman–Crippen LogP) is 3.65. The molecule has 2 aromatic heterocycles. The van der Waals surface area contributed by atoms with Crippen molar-refractivity contribution in [2.24, 2.45) is 0 Å². The first-order chi connectivity index (χ1) is 6.70. The molecule has 0 N–H and O–H groups in total. The molecule has 0 amide bonds. The lowest BCUT2D eigenvalue weighted by molar-refractivity contribution is 0.112. The number of aldehydes is 1. The average Bonchev–Trinajstić information content (AvgIpc) is 2.71. The van der Waals surface area contributed by atoms with E-state index in [4.69, 9.17) is 11.6 Å². The lowest BCUT2D eigenvalue weighted by Crippen LogP contribution is -1.77. The number of nitrogens with zero attached hydrogens (tertiary/aromatic N) is 1. The molecule has 0 bridgehead atoms. The zero-order valence-electron chi connectivity index (χ0n) is 7.28. The quantitative estimate of drug-likeness (QED) is 0.754. The zero-order chi connectivity index (χ0) is 10.1. The molecule has 0 atom stereocenters. The van der Waals surface area contributed by atoms with E-state index in [0.29, 0.717) is 4.88 Å². The van der Waals surface area contributed by atoms with Crippen LogP contribution < -0.4 is 0 Å². The van der Waals surface area contributed by atoms with Gasteiger partial charge < -0.3 is 0 Å². The highest BCUT2D eigenvalue weighted by molar-refractivity contribution is 7.24. The summed E-state index contributed by atoms with van der Waals surface area (Å²) < 4.78 is 0.737. The molecule has 2 nitrogen and oxygen atoms in total. The molecule has 14 heavy (non-hydrogen) atoms. The van der Waals surface area contributed by atoms with Crippen molar-refractivity contribution in [3.05, 3.63) is 27.0 Å². The molecule has 0 saturated carbocycles. The normalized spacial score (nSPS) is 10.4. The lowest BCUT2D eigenvalue weighted by Gasteiger charge is -1.85. The van der Waals surface area contributed by atoms with Gasteiger partial charge in [-0.2, -0.15) is 0 Å². The van der Waals surface area contributed by atoms with Gasteiger partial charge in [0.2, 0.25) is 0 Å². The summed E-state index contributed by atoms with van der Waals surface area (Å²) in [5.74, 6) is 0. The minimum absolute atomic E-state index is 0.685. The number of aryl methyl sites for hydroxylation is 1. The van der Waals surface area contributed by atoms with Crippen LogP contribution in [0.3, 0.4) is 0 Å². The Morgan fingerprint density at radius 3 is 2.71 bits per heavy atom. The zero-order valence-corrected chi connectivity index (χ0v) is 9.67. The van der Waals surface area contributed by atoms with Crippen molar-refractivity contribution >= 4 is 40.6 Å². The summed E-state index contributed by atoms with van der Waals surface area (Å²) in [6, 6.07) is 3.75. The fraction of sp³-hybridized carbons (Fsp3) is 0.111. The topological polar surface area (TPSA) is 30.0 Å². The van der Waals surface area contributed by atoms with Gasteiger partial charge in [-0.05, 0) is 19.1 Å². The number of thiazole rings is 1. The number of rotatable bonds is 2. The number of hydrogen-bond acceptors (Lipinski definition) is 4. The maximum Gasteiger partial charge on any atom is 0.161 e. The molecule has 0 radical (unpaired) electrons. The third-order valence-electron chi connectivity index (χ3n) is 1.72. The minimum atomic E-state index is 0.685. The van der Waals surface area contributed by atoms with E-state index in [1.165, 1.54) is 22.7 Å². The van der Waals surface area contributed by atoms with Crippen molar-refractivity contribution in [3.63, 3.8) is 0 Å². The van der Waals surface area contributed by atoms with Crippen LogP contribution >= 0.6 is 34.3 Å². The van der Waals surface area contributed by atoms with Gasteiger partial charge in [-0.25, -0.2) is 4.98 Å². The Balaban J connectivity index is 2.47. The largest absolute Gasteiger partial charge is 0.297 e. The maximum absolute atomic E-state index is 10.6. The van der Waals surface area contributed by atoms with Crippen LogP contribution in [-0.2, 0) is 0 Å². The average molecular weight is 244 g/mol. The van der Waals surface area contributed by atoms with Gasteiger partial charge in [-0.15, -0.1) is 22.7 Å². The highest BCUT2D eigenvalue weighted by Gasteiger charge is 2.10. The van der Waals surface area contributed by atoms with Gasteiger partial charge >= 0.3 is 0 Å². The van der Waals surface area contributed by atoms with E-state index >= 15 is 0 Å². The first-order valence-electron chi connectivity index (χ1n) is 3.89. The van der Waals surface area contributed by atoms with E-state index in [1.807, 2.05) is 19.1 Å². The number of carbonyl (C=O) groups is 1. The SMILES string of the molecule is Cc1nc(-c2ccc(Cl)s2)sc1C=O. The molecular formula is C9H6ClNOS2. The summed E-state index contributed by atoms with van der Waals surface area (Å²) in [7, 11) is 0. The van der Waals surface area contributed by atoms with Crippen LogP contribution in [0.1, 0.15) is 15.4 Å². The molecule has 0 aliphatic carbocycles. The molecule has 0 saturated heterocycles. The maximum atomic E-state index is 10.6. The second-order valence-electron chi connectivity index (χ2n) is 2.69. The van der Waals surface area contributed by atoms with Gasteiger partial charge in [0.15, 0.2) is 6.29 Å². The Labute approximate surface area is 94.2 Å². The smallest absolute Gasteiger partial charge is 0.161 e. The molecule has 5 heteroatoms. The number of aromatic nitrogens is 1. The fourth-order valence-corrected chi connectivity index (χ4v) is 3.03. The molecule has 2 heterocycles. The van der Waals surface area contributed by atoms with Crippen LogP contribution in [0.2, 0.25) is 4.34 Å². The molecular weight excluding hydrogens is 238 g/mol. The van der Waals surface area contributed by atoms with E-state index in [-0.39, 0.29) is 0 Å². The van der Waals surface area contributed by atoms with Gasteiger partial charge in [0.05, 0.1) is 19.8 Å². The molecule has 0 fully saturated rings. The standard InChI is InChI=1S/C9H6ClNOS2/c1-5-7(4-12)14-9(11-5)6-2-3-8(10)13-6/h2-4H,1H3. The van der Waals surface area contributed by atoms with E-state index in [0.717, 1.165) is 26.2 Å². The molecule has 2 rings (SSSR count). The molecule has 2 aromatic rings. The van der Waals surface area contributed by atoms with Crippen molar-refractivity contribution in [1.29, 1.82) is 0 Å². The van der Waals surface area contributed by atoms with E-state index in [9.17, 15) is 4.79 Å². The Bertz CT molecular complexity index is 475. The summed E-state index contributed by atoms with van der Waals surface area (Å²) in [5, 5.41) is 0.863. The molecule has 0 aliphatic heterocycles. The van der Waals surface area contributed by atoms with Crippen LogP contribution in [0.5, 0.6) is 0 Å². The second-order valence-corrected chi connectivity index (χ2v) is 5.44. The Morgan fingerprint density at radius 2 is 2.21 bits per heavy atom. The van der Waals surface area contributed by atoms with Gasteiger partial charge in [-0.3, -0.25) is 4.79 Å². The van der Waals surface area contributed by atoms with Crippen LogP contribution in [0.25, 0.3) is 9.88 Å². The van der Waals surface area contributed by atoms with Crippen molar-refractivity contribution in [3.8, 4) is 9.88 Å². The van der Waals surface area contributed by atoms with Crippen LogP contribution in [0.15, 0.2) is 12.1 Å². The summed E-state index contributed by atoms with van der Waals surface area (Å²) in [4.78, 5) is 16.6. The van der Waals surface area contributed by atoms with E-state index < -0.39 is 0 Å². The summed E-state index contributed by atoms with van der Waals surface area (Å²) in [5.41, 5.74) is 0.782. The number of carbonyl (C=O) groups excluding carboxylic acids is 1. The highest BCUT2D eigenvalue weighted by atomic mass is 35.5. The summed E-state index contributed by atoms with van der Waals surface area (Å²) >= 11 is 8.69. The fourth-order valence-electron chi connectivity index (χ4n) is 1.05. The third-order valence-corrected chi connectivity index (χ3v) is 4.21. The number of thiophene rings is 1. The van der Waals surface area contributed by atoms with Gasteiger partial charge in [-0.1, -0.05) is 11.6 Å². The van der Waals surface area contributed by atoms with Crippen LogP contribution in [0, 0.1) is 6.92 Å². The Morgan fingerprint density at radius 1 is 1.43 bits per heavy atom. The lowest BCUT2D eigenvalue weighted by atomic mass is 10.4. The summed E-state index contributed by atoms with van der Waals surface area (Å²) in [6.07, 6.45) is 0.839. The first kappa shape index (κ1) is 9.83. The van der Waals surface area contributed by atoms with Gasteiger partial charge in [0.25, 0.3) is 0 Å². The van der Waals surface area contributed by atoms with E-state index in [2.05, 4.69) is 4.98 Å². The number of halogens is 1. The van der Waals surface area contributed by atoms with Crippen molar-refractivity contribution in [2.75, 3.05) is 0 Å². The Kier molecular flexibility index (Phi) is 2.67. The molecule has 0 aliphatic rings. The second kappa shape index (κ2) is 3.81. The monoisotopic (exact) mass is 243 g/mol. The van der Waals surface area contributed by atoms with Crippen molar-refractivity contribution in [1.82, 2.24) is 4.98 Å². The third kappa shape index (κ3) is 1.73. The van der Waals surface area contributed by atoms with Crippen LogP contribution in [0.4, 0.5) is 0 Å². The molecule has 0 aromatic carbocycles. The predicted molar refractivity (Wildman–Crippen MR) is 60.6 cm³/mol. The van der Waals surface area contributed by atoms with Crippen molar-refractivity contribution < 1.29 is 4.79 Å². The Hall–Kier alpha value is -0.710. The minimum Gasteiger partial charge on any atom is -0.297 e.